The van der Waals surface area contributed by atoms with Crippen LogP contribution in [0.5, 0.6) is 0 Å². The van der Waals surface area contributed by atoms with Gasteiger partial charge in [0.15, 0.2) is 0 Å². The summed E-state index contributed by atoms with van der Waals surface area (Å²) in [5, 5.41) is 22.0. The van der Waals surface area contributed by atoms with Crippen molar-refractivity contribution in [3.8, 4) is 0 Å². The molecular formula is C11H20N2O6. The van der Waals surface area contributed by atoms with Gasteiger partial charge in [0.05, 0.1) is 6.61 Å². The molecule has 4 N–H and O–H groups in total. The van der Waals surface area contributed by atoms with Gasteiger partial charge in [-0.2, -0.15) is 0 Å². The number of carbonyl (C=O) groups is 3. The van der Waals surface area contributed by atoms with E-state index in [1.165, 1.54) is 0 Å². The standard InChI is InChI=1S/C11H20N2O6/c1-2-19-9(15)4-3-6-12-11(18)13-8(5-7-14)10(16)17/h8,14H,2-7H2,1H3,(H,16,17)(H2,12,13,18)/t8-/m1/s1. The molecule has 0 aromatic carbocycles. The highest BCUT2D eigenvalue weighted by molar-refractivity contribution is 5.82. The van der Waals surface area contributed by atoms with Crippen LogP contribution in [0.3, 0.4) is 0 Å². The third-order valence-electron chi connectivity index (χ3n) is 2.17. The van der Waals surface area contributed by atoms with Crippen LogP contribution in [0, 0.1) is 0 Å². The summed E-state index contributed by atoms with van der Waals surface area (Å²) in [4.78, 5) is 33.0. The number of carbonyl (C=O) groups excluding carboxylic acids is 2. The SMILES string of the molecule is CCOC(=O)CCCNC(=O)N[C@H](CCO)C(=O)O. The molecule has 19 heavy (non-hydrogen) atoms. The van der Waals surface area contributed by atoms with Crippen LogP contribution >= 0.6 is 0 Å². The Bertz CT molecular complexity index is 308. The molecule has 0 unspecified atom stereocenters. The number of carboxylic acid groups (broad SMARTS) is 1. The van der Waals surface area contributed by atoms with Gasteiger partial charge < -0.3 is 25.6 Å². The molecule has 0 radical (unpaired) electrons. The van der Waals surface area contributed by atoms with E-state index in [9.17, 15) is 14.4 Å². The predicted molar refractivity (Wildman–Crippen MR) is 65.5 cm³/mol. The van der Waals surface area contributed by atoms with Crippen LogP contribution in [-0.2, 0) is 14.3 Å². The summed E-state index contributed by atoms with van der Waals surface area (Å²) in [5.41, 5.74) is 0. The van der Waals surface area contributed by atoms with Gasteiger partial charge in [-0.3, -0.25) is 4.79 Å². The lowest BCUT2D eigenvalue weighted by atomic mass is 10.2. The molecule has 0 aliphatic heterocycles. The number of hydrogen-bond donors (Lipinski definition) is 4. The first-order chi connectivity index (χ1) is 9.01. The Balaban J connectivity index is 3.79. The zero-order chi connectivity index (χ0) is 14.7. The van der Waals surface area contributed by atoms with Crippen LogP contribution in [0.2, 0.25) is 0 Å². The molecule has 8 nitrogen and oxygen atoms in total. The predicted octanol–water partition coefficient (Wildman–Crippen LogP) is -0.535. The molecule has 0 saturated heterocycles. The van der Waals surface area contributed by atoms with E-state index in [0.29, 0.717) is 13.0 Å². The van der Waals surface area contributed by atoms with E-state index in [1.54, 1.807) is 6.92 Å². The van der Waals surface area contributed by atoms with Crippen LogP contribution in [0.4, 0.5) is 4.79 Å². The highest BCUT2D eigenvalue weighted by Gasteiger charge is 2.18. The second-order valence-electron chi connectivity index (χ2n) is 3.71. The second kappa shape index (κ2) is 10.1. The molecule has 110 valence electrons. The third-order valence-corrected chi connectivity index (χ3v) is 2.17. The number of hydrogen-bond acceptors (Lipinski definition) is 5. The highest BCUT2D eigenvalue weighted by atomic mass is 16.5. The van der Waals surface area contributed by atoms with Gasteiger partial charge in [0.2, 0.25) is 0 Å². The van der Waals surface area contributed by atoms with Crippen molar-refractivity contribution in [3.63, 3.8) is 0 Å². The van der Waals surface area contributed by atoms with Gasteiger partial charge in [-0.25, -0.2) is 9.59 Å². The Morgan fingerprint density at radius 2 is 2.00 bits per heavy atom. The molecule has 8 heteroatoms. The van der Waals surface area contributed by atoms with Gasteiger partial charge in [-0.1, -0.05) is 0 Å². The zero-order valence-electron chi connectivity index (χ0n) is 10.8. The van der Waals surface area contributed by atoms with Crippen LogP contribution in [0.1, 0.15) is 26.2 Å². The van der Waals surface area contributed by atoms with E-state index in [-0.39, 0.29) is 32.0 Å². The fourth-order valence-corrected chi connectivity index (χ4v) is 1.26. The molecular weight excluding hydrogens is 256 g/mol. The molecule has 0 aromatic heterocycles. The summed E-state index contributed by atoms with van der Waals surface area (Å²) in [6.45, 7) is 1.92. The summed E-state index contributed by atoms with van der Waals surface area (Å²) >= 11 is 0. The fourth-order valence-electron chi connectivity index (χ4n) is 1.26. The van der Waals surface area contributed by atoms with E-state index in [1.807, 2.05) is 0 Å². The quantitative estimate of drug-likeness (QED) is 0.331. The third kappa shape index (κ3) is 8.83. The van der Waals surface area contributed by atoms with Gasteiger partial charge in [0, 0.05) is 26.0 Å². The maximum atomic E-state index is 11.3. The number of aliphatic hydroxyl groups is 1. The van der Waals surface area contributed by atoms with Gasteiger partial charge in [0.1, 0.15) is 6.04 Å². The fraction of sp³-hybridized carbons (Fsp3) is 0.727. The molecule has 0 aromatic rings. The number of amides is 2. The zero-order valence-corrected chi connectivity index (χ0v) is 10.8. The Labute approximate surface area is 111 Å². The minimum atomic E-state index is -1.21. The molecule has 0 aliphatic rings. The Morgan fingerprint density at radius 1 is 1.32 bits per heavy atom. The summed E-state index contributed by atoms with van der Waals surface area (Å²) in [6, 6.07) is -1.78. The number of aliphatic hydroxyl groups excluding tert-OH is 1. The van der Waals surface area contributed by atoms with Crippen LogP contribution in [-0.4, -0.2) is 54.0 Å². The van der Waals surface area contributed by atoms with Gasteiger partial charge in [-0.05, 0) is 13.3 Å². The minimum absolute atomic E-state index is 0.0639. The van der Waals surface area contributed by atoms with Crippen molar-refractivity contribution in [2.24, 2.45) is 0 Å². The van der Waals surface area contributed by atoms with Crippen molar-refractivity contribution in [1.82, 2.24) is 10.6 Å². The second-order valence-corrected chi connectivity index (χ2v) is 3.71. The van der Waals surface area contributed by atoms with Crippen molar-refractivity contribution in [2.45, 2.75) is 32.2 Å². The molecule has 0 saturated carbocycles. The van der Waals surface area contributed by atoms with Crippen molar-refractivity contribution in [1.29, 1.82) is 0 Å². The highest BCUT2D eigenvalue weighted by Crippen LogP contribution is 1.93. The van der Waals surface area contributed by atoms with E-state index in [2.05, 4.69) is 10.6 Å². The summed E-state index contributed by atoms with van der Waals surface area (Å²) in [6.07, 6.45) is 0.530. The van der Waals surface area contributed by atoms with Crippen molar-refractivity contribution >= 4 is 18.0 Å². The average Bonchev–Trinajstić information content (AvgIpc) is 2.34. The largest absolute Gasteiger partial charge is 0.480 e. The molecule has 0 heterocycles. The maximum absolute atomic E-state index is 11.3. The maximum Gasteiger partial charge on any atom is 0.326 e. The number of rotatable bonds is 9. The minimum Gasteiger partial charge on any atom is -0.480 e. The van der Waals surface area contributed by atoms with E-state index in [4.69, 9.17) is 14.9 Å². The normalized spacial score (nSPS) is 11.5. The molecule has 2 amide bonds. The van der Waals surface area contributed by atoms with E-state index < -0.39 is 18.0 Å². The van der Waals surface area contributed by atoms with Crippen LogP contribution in [0.15, 0.2) is 0 Å². The molecule has 0 bridgehead atoms. The monoisotopic (exact) mass is 276 g/mol. The summed E-state index contributed by atoms with van der Waals surface area (Å²) in [7, 11) is 0. The number of carboxylic acids is 1. The van der Waals surface area contributed by atoms with Gasteiger partial charge in [-0.15, -0.1) is 0 Å². The van der Waals surface area contributed by atoms with Crippen LogP contribution in [0.25, 0.3) is 0 Å². The first-order valence-corrected chi connectivity index (χ1v) is 6.04. The number of nitrogens with one attached hydrogen (secondary N) is 2. The molecule has 0 aliphatic carbocycles. The lowest BCUT2D eigenvalue weighted by Gasteiger charge is -2.13. The average molecular weight is 276 g/mol. The molecule has 0 rings (SSSR count). The number of esters is 1. The van der Waals surface area contributed by atoms with Gasteiger partial charge >= 0.3 is 18.0 Å². The van der Waals surface area contributed by atoms with E-state index >= 15 is 0 Å². The number of ether oxygens (including phenoxy) is 1. The first-order valence-electron chi connectivity index (χ1n) is 6.04. The van der Waals surface area contributed by atoms with Crippen molar-refractivity contribution < 1.29 is 29.3 Å². The molecule has 0 spiro atoms. The van der Waals surface area contributed by atoms with E-state index in [0.717, 1.165) is 0 Å². The Hall–Kier alpha value is -1.83. The molecule has 0 fully saturated rings. The topological polar surface area (TPSA) is 125 Å². The Morgan fingerprint density at radius 3 is 2.53 bits per heavy atom. The molecule has 1 atom stereocenters. The van der Waals surface area contributed by atoms with Crippen molar-refractivity contribution in [2.75, 3.05) is 19.8 Å². The summed E-state index contributed by atoms with van der Waals surface area (Å²) in [5.74, 6) is -1.55. The first kappa shape index (κ1) is 17.2. The lowest BCUT2D eigenvalue weighted by molar-refractivity contribution is -0.143. The lowest BCUT2D eigenvalue weighted by Crippen LogP contribution is -2.46. The smallest absolute Gasteiger partial charge is 0.326 e. The number of urea groups is 1. The summed E-state index contributed by atoms with van der Waals surface area (Å²) < 4.78 is 4.70. The van der Waals surface area contributed by atoms with Gasteiger partial charge in [0.25, 0.3) is 0 Å². The van der Waals surface area contributed by atoms with Crippen molar-refractivity contribution in [3.05, 3.63) is 0 Å². The van der Waals surface area contributed by atoms with Crippen LogP contribution < -0.4 is 10.6 Å². The Kier molecular flexibility index (Phi) is 9.15. The number of aliphatic carboxylic acids is 1.